The van der Waals surface area contributed by atoms with E-state index >= 15 is 0 Å². The molecule has 0 heterocycles. The van der Waals surface area contributed by atoms with Crippen LogP contribution in [0, 0.1) is 0 Å². The summed E-state index contributed by atoms with van der Waals surface area (Å²) in [6.07, 6.45) is 67.9. The van der Waals surface area contributed by atoms with Crippen LogP contribution in [0.1, 0.15) is 284 Å². The predicted molar refractivity (Wildman–Crippen MR) is 284 cm³/mol. The molecule has 0 aromatic carbocycles. The van der Waals surface area contributed by atoms with Crippen LogP contribution in [-0.4, -0.2) is 37.2 Å². The second-order valence-corrected chi connectivity index (χ2v) is 18.8. The topological polar surface area (TPSA) is 78.9 Å². The Hall–Kier alpha value is -2.89. The van der Waals surface area contributed by atoms with Crippen LogP contribution in [0.3, 0.4) is 0 Å². The summed E-state index contributed by atoms with van der Waals surface area (Å²) >= 11 is 0. The molecule has 0 rings (SSSR count). The molecular weight excluding hydrogens is 817 g/mol. The van der Waals surface area contributed by atoms with Crippen molar-refractivity contribution in [2.24, 2.45) is 0 Å². The minimum Gasteiger partial charge on any atom is -0.462 e. The third kappa shape index (κ3) is 52.1. The first-order valence-electron chi connectivity index (χ1n) is 28.3. The standard InChI is InChI=1S/C60H106O6/c1-4-7-10-13-16-19-22-24-26-28-29-30-31-33-34-36-38-41-44-47-50-53-59(62)65-56-57(55-64-58(61)52-49-46-43-40-21-18-15-12-9-6-3)66-60(63)54-51-48-45-42-39-37-35-32-27-25-23-20-17-14-11-8-5-2/h7,10,12,15-16,19,24,26,29-30,57H,4-6,8-9,11,13-14,17-18,20-23,25,27-28,31-56H2,1-3H3/b10-7-,15-12-,19-16-,26-24-,30-29-. The largest absolute Gasteiger partial charge is 0.462 e. The predicted octanol–water partition coefficient (Wildman–Crippen LogP) is 18.8. The van der Waals surface area contributed by atoms with Crippen molar-refractivity contribution in [2.75, 3.05) is 13.2 Å². The highest BCUT2D eigenvalue weighted by Gasteiger charge is 2.19. The van der Waals surface area contributed by atoms with E-state index in [9.17, 15) is 14.4 Å². The molecule has 6 nitrogen and oxygen atoms in total. The van der Waals surface area contributed by atoms with Gasteiger partial charge >= 0.3 is 17.9 Å². The van der Waals surface area contributed by atoms with Gasteiger partial charge in [-0.2, -0.15) is 0 Å². The third-order valence-corrected chi connectivity index (χ3v) is 12.2. The second-order valence-electron chi connectivity index (χ2n) is 18.8. The van der Waals surface area contributed by atoms with Crippen molar-refractivity contribution in [3.05, 3.63) is 60.8 Å². The fourth-order valence-electron chi connectivity index (χ4n) is 8.03. The summed E-state index contributed by atoms with van der Waals surface area (Å²) in [4.78, 5) is 38.1. The molecule has 0 aliphatic carbocycles. The number of unbranched alkanes of at least 4 members (excludes halogenated alkanes) is 30. The summed E-state index contributed by atoms with van der Waals surface area (Å²) in [5.74, 6) is -0.886. The zero-order chi connectivity index (χ0) is 47.9. The fourth-order valence-corrected chi connectivity index (χ4v) is 8.03. The van der Waals surface area contributed by atoms with E-state index in [-0.39, 0.29) is 31.1 Å². The molecule has 0 amide bonds. The molecule has 0 aliphatic rings. The van der Waals surface area contributed by atoms with Crippen LogP contribution < -0.4 is 0 Å². The Labute approximate surface area is 409 Å². The van der Waals surface area contributed by atoms with E-state index in [1.54, 1.807) is 0 Å². The second kappa shape index (κ2) is 54.7. The van der Waals surface area contributed by atoms with Crippen LogP contribution >= 0.6 is 0 Å². The molecule has 382 valence electrons. The maximum atomic E-state index is 12.8. The minimum absolute atomic E-state index is 0.0789. The van der Waals surface area contributed by atoms with Gasteiger partial charge in [-0.1, -0.05) is 248 Å². The summed E-state index contributed by atoms with van der Waals surface area (Å²) in [7, 11) is 0. The lowest BCUT2D eigenvalue weighted by Crippen LogP contribution is -2.30. The van der Waals surface area contributed by atoms with E-state index in [0.29, 0.717) is 19.3 Å². The van der Waals surface area contributed by atoms with Gasteiger partial charge in [0.15, 0.2) is 6.10 Å². The van der Waals surface area contributed by atoms with Gasteiger partial charge in [0.25, 0.3) is 0 Å². The Kier molecular flexibility index (Phi) is 52.3. The van der Waals surface area contributed by atoms with Gasteiger partial charge in [-0.3, -0.25) is 14.4 Å². The van der Waals surface area contributed by atoms with Gasteiger partial charge in [0.05, 0.1) is 0 Å². The van der Waals surface area contributed by atoms with Crippen molar-refractivity contribution in [1.82, 2.24) is 0 Å². The van der Waals surface area contributed by atoms with E-state index in [4.69, 9.17) is 14.2 Å². The molecule has 0 aliphatic heterocycles. The van der Waals surface area contributed by atoms with Crippen molar-refractivity contribution >= 4 is 17.9 Å². The maximum Gasteiger partial charge on any atom is 0.306 e. The molecule has 6 heteroatoms. The number of carbonyl (C=O) groups is 3. The van der Waals surface area contributed by atoms with Gasteiger partial charge in [-0.15, -0.1) is 0 Å². The molecule has 0 fully saturated rings. The zero-order valence-corrected chi connectivity index (χ0v) is 43.7. The quantitative estimate of drug-likeness (QED) is 0.0262. The molecule has 0 saturated carbocycles. The van der Waals surface area contributed by atoms with Crippen molar-refractivity contribution in [3.63, 3.8) is 0 Å². The zero-order valence-electron chi connectivity index (χ0n) is 43.7. The molecule has 0 aromatic heterocycles. The van der Waals surface area contributed by atoms with Gasteiger partial charge in [0.2, 0.25) is 0 Å². The number of hydrogen-bond acceptors (Lipinski definition) is 6. The summed E-state index contributed by atoms with van der Waals surface area (Å²) in [5, 5.41) is 0. The van der Waals surface area contributed by atoms with Crippen molar-refractivity contribution in [2.45, 2.75) is 290 Å². The lowest BCUT2D eigenvalue weighted by Gasteiger charge is -2.18. The monoisotopic (exact) mass is 923 g/mol. The normalized spacial score (nSPS) is 12.5. The molecule has 1 atom stereocenters. The van der Waals surface area contributed by atoms with Gasteiger partial charge in [-0.25, -0.2) is 0 Å². The number of carbonyl (C=O) groups excluding carboxylic acids is 3. The summed E-state index contributed by atoms with van der Waals surface area (Å²) in [6.45, 7) is 6.48. The van der Waals surface area contributed by atoms with E-state index in [2.05, 4.69) is 81.5 Å². The van der Waals surface area contributed by atoms with Crippen LogP contribution in [0.5, 0.6) is 0 Å². The van der Waals surface area contributed by atoms with Gasteiger partial charge in [-0.05, 0) is 77.0 Å². The Balaban J connectivity index is 4.29. The molecular formula is C60H106O6. The summed E-state index contributed by atoms with van der Waals surface area (Å²) in [5.41, 5.74) is 0. The first-order chi connectivity index (χ1) is 32.5. The van der Waals surface area contributed by atoms with Gasteiger partial charge in [0, 0.05) is 19.3 Å². The van der Waals surface area contributed by atoms with E-state index in [1.807, 2.05) is 0 Å². The molecule has 0 aromatic rings. The highest BCUT2D eigenvalue weighted by atomic mass is 16.6. The van der Waals surface area contributed by atoms with Crippen molar-refractivity contribution in [1.29, 1.82) is 0 Å². The minimum atomic E-state index is -0.778. The smallest absolute Gasteiger partial charge is 0.306 e. The van der Waals surface area contributed by atoms with Crippen LogP contribution in [-0.2, 0) is 28.6 Å². The number of rotatable bonds is 51. The number of esters is 3. The Bertz CT molecular complexity index is 1200. The molecule has 0 saturated heterocycles. The average molecular weight is 924 g/mol. The molecule has 1 unspecified atom stereocenters. The van der Waals surface area contributed by atoms with Gasteiger partial charge < -0.3 is 14.2 Å². The van der Waals surface area contributed by atoms with Crippen LogP contribution in [0.2, 0.25) is 0 Å². The summed E-state index contributed by atoms with van der Waals surface area (Å²) < 4.78 is 16.8. The molecule has 66 heavy (non-hydrogen) atoms. The summed E-state index contributed by atoms with van der Waals surface area (Å²) in [6, 6.07) is 0. The van der Waals surface area contributed by atoms with Crippen LogP contribution in [0.4, 0.5) is 0 Å². The lowest BCUT2D eigenvalue weighted by atomic mass is 10.0. The highest BCUT2D eigenvalue weighted by molar-refractivity contribution is 5.71. The Morgan fingerprint density at radius 2 is 0.621 bits per heavy atom. The third-order valence-electron chi connectivity index (χ3n) is 12.2. The van der Waals surface area contributed by atoms with E-state index in [1.165, 1.54) is 141 Å². The van der Waals surface area contributed by atoms with Crippen molar-refractivity contribution < 1.29 is 28.6 Å². The van der Waals surface area contributed by atoms with Gasteiger partial charge in [0.1, 0.15) is 13.2 Å². The first-order valence-corrected chi connectivity index (χ1v) is 28.3. The Morgan fingerprint density at radius 1 is 0.318 bits per heavy atom. The number of hydrogen-bond donors (Lipinski definition) is 0. The molecule has 0 spiro atoms. The molecule has 0 bridgehead atoms. The van der Waals surface area contributed by atoms with Crippen LogP contribution in [0.25, 0.3) is 0 Å². The molecule has 0 radical (unpaired) electrons. The average Bonchev–Trinajstić information content (AvgIpc) is 3.31. The van der Waals surface area contributed by atoms with E-state index < -0.39 is 6.10 Å². The SMILES string of the molecule is CC/C=C\C/C=C\C/C=C\C/C=C\CCCCCCCCCCC(=O)OCC(COC(=O)CCCCCCC/C=C\CCC)OC(=O)CCCCCCCCCCCCCCCCCCC. The Morgan fingerprint density at radius 3 is 1.00 bits per heavy atom. The van der Waals surface area contributed by atoms with Crippen molar-refractivity contribution in [3.8, 4) is 0 Å². The maximum absolute atomic E-state index is 12.8. The van der Waals surface area contributed by atoms with E-state index in [0.717, 1.165) is 103 Å². The first kappa shape index (κ1) is 63.1. The highest BCUT2D eigenvalue weighted by Crippen LogP contribution is 2.16. The van der Waals surface area contributed by atoms with Crippen LogP contribution in [0.15, 0.2) is 60.8 Å². The lowest BCUT2D eigenvalue weighted by molar-refractivity contribution is -0.167. The fraction of sp³-hybridized carbons (Fsp3) is 0.783. The number of ether oxygens (including phenoxy) is 3. The number of allylic oxidation sites excluding steroid dienone is 10. The molecule has 0 N–H and O–H groups in total.